The summed E-state index contributed by atoms with van der Waals surface area (Å²) >= 11 is 1.95. The number of pyridine rings is 1. The maximum absolute atomic E-state index is 12.9. The lowest BCUT2D eigenvalue weighted by atomic mass is 10.0. The summed E-state index contributed by atoms with van der Waals surface area (Å²) in [7, 11) is 0. The van der Waals surface area contributed by atoms with Gasteiger partial charge in [0.25, 0.3) is 5.91 Å². The molecule has 2 aliphatic heterocycles. The Bertz CT molecular complexity index is 1440. The molecule has 2 aliphatic rings. The lowest BCUT2D eigenvalue weighted by Gasteiger charge is -2.36. The van der Waals surface area contributed by atoms with Gasteiger partial charge in [-0.2, -0.15) is 13.2 Å². The molecule has 0 fully saturated rings. The van der Waals surface area contributed by atoms with Crippen molar-refractivity contribution in [1.29, 1.82) is 0 Å². The van der Waals surface area contributed by atoms with Crippen LogP contribution >= 0.6 is 11.8 Å². The second-order valence-electron chi connectivity index (χ2n) is 9.11. The van der Waals surface area contributed by atoms with Crippen LogP contribution in [-0.2, 0) is 21.6 Å². The van der Waals surface area contributed by atoms with Crippen molar-refractivity contribution in [3.63, 3.8) is 0 Å². The summed E-state index contributed by atoms with van der Waals surface area (Å²) in [6, 6.07) is 16.4. The number of aromatic nitrogens is 1. The first-order chi connectivity index (χ1) is 20.1. The average Bonchev–Trinajstić information content (AvgIpc) is 3.16. The van der Waals surface area contributed by atoms with Gasteiger partial charge in [0, 0.05) is 22.9 Å². The molecule has 5 rings (SSSR count). The Labute approximate surface area is 243 Å². The van der Waals surface area contributed by atoms with Crippen LogP contribution in [0.5, 0.6) is 5.75 Å². The van der Waals surface area contributed by atoms with E-state index in [9.17, 15) is 27.6 Å². The van der Waals surface area contributed by atoms with Crippen LogP contribution in [0.2, 0.25) is 0 Å². The maximum atomic E-state index is 12.9. The second kappa shape index (κ2) is 13.7. The van der Waals surface area contributed by atoms with E-state index in [1.807, 2.05) is 11.8 Å². The molecule has 3 aromatic rings. The van der Waals surface area contributed by atoms with E-state index in [4.69, 9.17) is 9.84 Å². The van der Waals surface area contributed by atoms with E-state index in [2.05, 4.69) is 63.4 Å². The van der Waals surface area contributed by atoms with Gasteiger partial charge >= 0.3 is 12.3 Å². The van der Waals surface area contributed by atoms with E-state index in [1.54, 1.807) is 0 Å². The van der Waals surface area contributed by atoms with Crippen LogP contribution in [-0.4, -0.2) is 65.6 Å². The van der Waals surface area contributed by atoms with Gasteiger partial charge in [0.15, 0.2) is 5.69 Å². The molecule has 0 bridgehead atoms. The van der Waals surface area contributed by atoms with E-state index in [1.165, 1.54) is 21.6 Å². The molecule has 0 radical (unpaired) electrons. The minimum Gasteiger partial charge on any atom is -0.451 e. The number of fused-ring (bicyclic) bond motifs is 3. The van der Waals surface area contributed by atoms with Crippen molar-refractivity contribution >= 4 is 23.8 Å². The Morgan fingerprint density at radius 2 is 1.74 bits per heavy atom. The largest absolute Gasteiger partial charge is 0.511 e. The molecular formula is C28H28F3N3O7S. The maximum Gasteiger partial charge on any atom is 0.511 e. The highest BCUT2D eigenvalue weighted by Gasteiger charge is 2.44. The monoisotopic (exact) mass is 607 g/mol. The number of nitrogens with zero attached hydrogens (tertiary/aromatic N) is 2. The third-order valence-electron chi connectivity index (χ3n) is 6.42. The zero-order valence-electron chi connectivity index (χ0n) is 22.4. The van der Waals surface area contributed by atoms with Crippen LogP contribution in [0.15, 0.2) is 70.5 Å². The van der Waals surface area contributed by atoms with Crippen LogP contribution in [0.25, 0.3) is 0 Å². The first-order valence-corrected chi connectivity index (χ1v) is 13.8. The number of thioether (sulfide) groups is 1. The summed E-state index contributed by atoms with van der Waals surface area (Å²) in [5.41, 5.74) is 5.69. The van der Waals surface area contributed by atoms with Crippen molar-refractivity contribution in [3.8, 4) is 5.75 Å². The number of halogens is 3. The first-order valence-electron chi connectivity index (χ1n) is 12.8. The molecule has 1 unspecified atom stereocenters. The smallest absolute Gasteiger partial charge is 0.451 e. The van der Waals surface area contributed by atoms with Crippen molar-refractivity contribution in [1.82, 2.24) is 9.58 Å². The first kappa shape index (κ1) is 30.8. The van der Waals surface area contributed by atoms with E-state index in [0.717, 1.165) is 36.0 Å². The van der Waals surface area contributed by atoms with Gasteiger partial charge in [0.2, 0.25) is 18.0 Å². The van der Waals surface area contributed by atoms with Gasteiger partial charge < -0.3 is 29.6 Å². The number of amides is 1. The molecule has 224 valence electrons. The molecule has 2 N–H and O–H groups in total. The van der Waals surface area contributed by atoms with E-state index < -0.39 is 61.2 Å². The highest BCUT2D eigenvalue weighted by atomic mass is 32.2. The molecule has 0 aliphatic carbocycles. The topological polar surface area (TPSA) is 119 Å². The van der Waals surface area contributed by atoms with Crippen molar-refractivity contribution in [2.75, 3.05) is 32.1 Å². The van der Waals surface area contributed by atoms with E-state index >= 15 is 0 Å². The average molecular weight is 608 g/mol. The van der Waals surface area contributed by atoms with E-state index in [-0.39, 0.29) is 6.61 Å². The van der Waals surface area contributed by atoms with Crippen molar-refractivity contribution in [2.24, 2.45) is 0 Å². The normalized spacial score (nSPS) is 14.5. The van der Waals surface area contributed by atoms with Crippen molar-refractivity contribution in [3.05, 3.63) is 93.4 Å². The summed E-state index contributed by atoms with van der Waals surface area (Å²) < 4.78 is 53.7. The Hall–Kier alpha value is -4.17. The van der Waals surface area contributed by atoms with Gasteiger partial charge in [-0.25, -0.2) is 4.79 Å². The lowest BCUT2D eigenvalue weighted by Crippen LogP contribution is -2.54. The molecule has 0 saturated heterocycles. The number of nitrogens with one attached hydrogen (secondary N) is 1. The Morgan fingerprint density at radius 1 is 1.05 bits per heavy atom. The van der Waals surface area contributed by atoms with Crippen LogP contribution in [0.3, 0.4) is 0 Å². The predicted molar refractivity (Wildman–Crippen MR) is 147 cm³/mol. The van der Waals surface area contributed by atoms with Gasteiger partial charge in [-0.3, -0.25) is 14.3 Å². The lowest BCUT2D eigenvalue weighted by molar-refractivity contribution is -0.172. The van der Waals surface area contributed by atoms with Crippen LogP contribution < -0.4 is 15.6 Å². The zero-order chi connectivity index (χ0) is 30.3. The van der Waals surface area contributed by atoms with Gasteiger partial charge in [0.1, 0.15) is 19.3 Å². The number of benzene rings is 2. The molecule has 2 aromatic carbocycles. The third kappa shape index (κ3) is 7.36. The zero-order valence-corrected chi connectivity index (χ0v) is 23.2. The quantitative estimate of drug-likeness (QED) is 0.315. The second-order valence-corrected chi connectivity index (χ2v) is 10.1. The van der Waals surface area contributed by atoms with Gasteiger partial charge in [0.05, 0.1) is 6.61 Å². The summed E-state index contributed by atoms with van der Waals surface area (Å²) in [6.07, 6.45) is -3.63. The van der Waals surface area contributed by atoms with Gasteiger partial charge in [-0.15, -0.1) is 11.8 Å². The number of ether oxygens (including phenoxy) is 3. The number of hydrogen-bond donors (Lipinski definition) is 2. The van der Waals surface area contributed by atoms with Crippen LogP contribution in [0.1, 0.15) is 34.1 Å². The summed E-state index contributed by atoms with van der Waals surface area (Å²) in [5.74, 6) is -0.578. The number of aliphatic hydroxyl groups is 1. The summed E-state index contributed by atoms with van der Waals surface area (Å²) in [4.78, 5) is 37.6. The molecule has 1 aromatic heterocycles. The molecular weight excluding hydrogens is 579 g/mol. The summed E-state index contributed by atoms with van der Waals surface area (Å²) in [5, 5.41) is 8.51. The fraction of sp³-hybridized carbons (Fsp3) is 0.321. The molecule has 42 heavy (non-hydrogen) atoms. The number of hydrogen-bond acceptors (Lipinski definition) is 9. The molecule has 1 atom stereocenters. The molecule has 14 heteroatoms. The molecule has 1 amide bonds. The number of rotatable bonds is 6. The Kier molecular flexibility index (Phi) is 10.0. The standard InChI is InChI=1S/C14H16F3N3O7.C14H12S/c1-8(14(15,16)17)19-6-18-20-3-2-9(22)11(10(20)12(19)23)26-7-27-13(24)25-5-4-21;1-2-7-13-10-15-14-8-4-3-6-12(14)9-11(13)5-1/h2-3,8,18,21H,4-7H2,1H3;1-8H,9-10H2. The highest BCUT2D eigenvalue weighted by molar-refractivity contribution is 7.98. The fourth-order valence-corrected chi connectivity index (χ4v) is 5.26. The van der Waals surface area contributed by atoms with Crippen molar-refractivity contribution < 1.29 is 42.1 Å². The highest BCUT2D eigenvalue weighted by Crippen LogP contribution is 2.33. The van der Waals surface area contributed by atoms with Crippen LogP contribution in [0.4, 0.5) is 18.0 Å². The molecule has 10 nitrogen and oxygen atoms in total. The third-order valence-corrected chi connectivity index (χ3v) is 7.58. The SMILES string of the molecule is CC(N1CNn2ccc(=O)c(OCOC(=O)OCCO)c2C1=O)C(F)(F)F.c1ccc2c(c1)CSc1ccccc1C2. The summed E-state index contributed by atoms with van der Waals surface area (Å²) in [6.45, 7) is -1.24. The Balaban J connectivity index is 0.000000225. The molecule has 0 saturated carbocycles. The van der Waals surface area contributed by atoms with Gasteiger partial charge in [-0.05, 0) is 36.1 Å². The minimum atomic E-state index is -4.67. The van der Waals surface area contributed by atoms with Gasteiger partial charge in [-0.1, -0.05) is 42.5 Å². The van der Waals surface area contributed by atoms with E-state index in [0.29, 0.717) is 4.90 Å². The molecule has 3 heterocycles. The van der Waals surface area contributed by atoms with Crippen LogP contribution in [0, 0.1) is 0 Å². The number of aliphatic hydroxyl groups excluding tert-OH is 1. The Morgan fingerprint density at radius 3 is 2.45 bits per heavy atom. The minimum absolute atomic E-state index is 0.324. The number of alkyl halides is 3. The predicted octanol–water partition coefficient (Wildman–Crippen LogP) is 4.12. The molecule has 0 spiro atoms. The number of carbonyl (C=O) groups excluding carboxylic acids is 2. The number of carbonyl (C=O) groups is 2. The van der Waals surface area contributed by atoms with Crippen molar-refractivity contribution in [2.45, 2.75) is 36.2 Å². The fourth-order valence-electron chi connectivity index (χ4n) is 4.17.